The predicted molar refractivity (Wildman–Crippen MR) is 112 cm³/mol. The number of fused-ring (bicyclic) bond motifs is 1. The number of amides is 2. The Bertz CT molecular complexity index is 1020. The van der Waals surface area contributed by atoms with E-state index < -0.39 is 11.7 Å². The second-order valence-electron chi connectivity index (χ2n) is 6.75. The van der Waals surface area contributed by atoms with E-state index in [2.05, 4.69) is 5.32 Å². The van der Waals surface area contributed by atoms with Gasteiger partial charge in [0.1, 0.15) is 6.54 Å². The Balaban J connectivity index is 1.82. The predicted octanol–water partition coefficient (Wildman–Crippen LogP) is 3.01. The summed E-state index contributed by atoms with van der Waals surface area (Å²) < 4.78 is 1.74. The van der Waals surface area contributed by atoms with Gasteiger partial charge in [-0.2, -0.15) is 0 Å². The molecule has 0 unspecified atom stereocenters. The number of nitrogens with one attached hydrogen (secondary N) is 1. The van der Waals surface area contributed by atoms with E-state index in [1.165, 1.54) is 0 Å². The molecule has 0 atom stereocenters. The Labute approximate surface area is 170 Å². The smallest absolute Gasteiger partial charge is 0.292 e. The third-order valence-corrected chi connectivity index (χ3v) is 4.96. The van der Waals surface area contributed by atoms with Crippen LogP contribution in [0.5, 0.6) is 0 Å². The average molecular weight is 391 g/mol. The Morgan fingerprint density at radius 3 is 2.28 bits per heavy atom. The molecule has 0 saturated heterocycles. The van der Waals surface area contributed by atoms with Crippen LogP contribution >= 0.6 is 0 Å². The van der Waals surface area contributed by atoms with Gasteiger partial charge in [-0.15, -0.1) is 0 Å². The molecule has 2 aromatic carbocycles. The molecule has 0 spiro atoms. The van der Waals surface area contributed by atoms with Gasteiger partial charge in [-0.05, 0) is 25.5 Å². The summed E-state index contributed by atoms with van der Waals surface area (Å²) in [7, 11) is 0. The van der Waals surface area contributed by atoms with Crippen LogP contribution in [0.25, 0.3) is 10.9 Å². The maximum absolute atomic E-state index is 12.8. The molecule has 2 amide bonds. The molecular formula is C23H25N3O3. The number of nitrogens with zero attached hydrogens (tertiary/aromatic N) is 2. The normalized spacial score (nSPS) is 10.7. The fourth-order valence-corrected chi connectivity index (χ4v) is 3.36. The van der Waals surface area contributed by atoms with E-state index in [-0.39, 0.29) is 19.0 Å². The fraction of sp³-hybridized carbons (Fsp3) is 0.261. The summed E-state index contributed by atoms with van der Waals surface area (Å²) in [4.78, 5) is 39.5. The second-order valence-corrected chi connectivity index (χ2v) is 6.75. The first-order valence-electron chi connectivity index (χ1n) is 9.77. The van der Waals surface area contributed by atoms with Gasteiger partial charge in [0.05, 0.1) is 5.56 Å². The summed E-state index contributed by atoms with van der Waals surface area (Å²) >= 11 is 0. The molecule has 1 aromatic heterocycles. The number of Topliss-reactive ketones (excluding diaryl/α,β-unsaturated/α-hetero) is 1. The first kappa shape index (κ1) is 20.3. The summed E-state index contributed by atoms with van der Waals surface area (Å²) in [6.07, 6.45) is 1.61. The standard InChI is InChI=1S/C23H25N3O3/c1-3-25(4-2)21(27)16-26-15-19(18-12-8-9-13-20(18)26)22(28)23(29)24-14-17-10-6-5-7-11-17/h5-13,15H,3-4,14,16H2,1-2H3,(H,24,29). The SMILES string of the molecule is CCN(CC)C(=O)Cn1cc(C(=O)C(=O)NCc2ccccc2)c2ccccc21. The highest BCUT2D eigenvalue weighted by atomic mass is 16.2. The lowest BCUT2D eigenvalue weighted by Gasteiger charge is -2.19. The highest BCUT2D eigenvalue weighted by Crippen LogP contribution is 2.22. The zero-order valence-corrected chi connectivity index (χ0v) is 16.7. The summed E-state index contributed by atoms with van der Waals surface area (Å²) in [5.41, 5.74) is 1.98. The Kier molecular flexibility index (Phi) is 6.44. The molecule has 6 heteroatoms. The van der Waals surface area contributed by atoms with Gasteiger partial charge >= 0.3 is 0 Å². The Morgan fingerprint density at radius 2 is 1.59 bits per heavy atom. The maximum Gasteiger partial charge on any atom is 0.292 e. The highest BCUT2D eigenvalue weighted by molar-refractivity contribution is 6.45. The lowest BCUT2D eigenvalue weighted by Crippen LogP contribution is -2.33. The molecule has 1 N–H and O–H groups in total. The minimum absolute atomic E-state index is 0.0247. The topological polar surface area (TPSA) is 71.4 Å². The summed E-state index contributed by atoms with van der Waals surface area (Å²) in [6.45, 7) is 5.53. The molecule has 0 saturated carbocycles. The van der Waals surface area contributed by atoms with Gasteiger partial charge in [-0.25, -0.2) is 0 Å². The van der Waals surface area contributed by atoms with E-state index in [0.717, 1.165) is 11.1 Å². The first-order chi connectivity index (χ1) is 14.0. The number of carbonyl (C=O) groups excluding carboxylic acids is 3. The fourth-order valence-electron chi connectivity index (χ4n) is 3.36. The first-order valence-corrected chi connectivity index (χ1v) is 9.77. The van der Waals surface area contributed by atoms with Crippen molar-refractivity contribution in [2.45, 2.75) is 26.9 Å². The maximum atomic E-state index is 12.8. The van der Waals surface area contributed by atoms with Gasteiger partial charge < -0.3 is 14.8 Å². The Hall–Kier alpha value is -3.41. The molecule has 1 heterocycles. The molecule has 0 bridgehead atoms. The van der Waals surface area contributed by atoms with Crippen molar-refractivity contribution in [1.29, 1.82) is 0 Å². The van der Waals surface area contributed by atoms with Gasteiger partial charge in [0.25, 0.3) is 11.7 Å². The van der Waals surface area contributed by atoms with Crippen molar-refractivity contribution in [1.82, 2.24) is 14.8 Å². The monoisotopic (exact) mass is 391 g/mol. The van der Waals surface area contributed by atoms with Gasteiger partial charge in [-0.3, -0.25) is 14.4 Å². The van der Waals surface area contributed by atoms with Crippen molar-refractivity contribution >= 4 is 28.5 Å². The van der Waals surface area contributed by atoms with Gasteiger partial charge in [0.2, 0.25) is 5.91 Å². The van der Waals surface area contributed by atoms with E-state index in [0.29, 0.717) is 24.0 Å². The van der Waals surface area contributed by atoms with Crippen LogP contribution in [0.1, 0.15) is 29.8 Å². The van der Waals surface area contributed by atoms with Crippen molar-refractivity contribution < 1.29 is 14.4 Å². The van der Waals surface area contributed by atoms with E-state index in [9.17, 15) is 14.4 Å². The number of aromatic nitrogens is 1. The van der Waals surface area contributed by atoms with Crippen molar-refractivity contribution in [3.8, 4) is 0 Å². The summed E-state index contributed by atoms with van der Waals surface area (Å²) in [5, 5.41) is 3.34. The molecule has 6 nitrogen and oxygen atoms in total. The molecule has 3 aromatic rings. The number of benzene rings is 2. The van der Waals surface area contributed by atoms with Gasteiger partial charge in [0.15, 0.2) is 0 Å². The molecule has 3 rings (SSSR count). The summed E-state index contributed by atoms with van der Waals surface area (Å²) in [5.74, 6) is -1.29. The van der Waals surface area contributed by atoms with Crippen LogP contribution in [-0.2, 0) is 22.7 Å². The number of carbonyl (C=O) groups is 3. The number of rotatable bonds is 8. The van der Waals surface area contributed by atoms with Gasteiger partial charge in [-0.1, -0.05) is 48.5 Å². The molecule has 0 radical (unpaired) electrons. The van der Waals surface area contributed by atoms with Crippen molar-refractivity contribution in [2.75, 3.05) is 13.1 Å². The van der Waals surface area contributed by atoms with Gasteiger partial charge in [0, 0.05) is 36.7 Å². The molecule has 0 aliphatic carbocycles. The van der Waals surface area contributed by atoms with Crippen LogP contribution in [0, 0.1) is 0 Å². The molecule has 150 valence electrons. The minimum atomic E-state index is -0.660. The average Bonchev–Trinajstić information content (AvgIpc) is 3.11. The highest BCUT2D eigenvalue weighted by Gasteiger charge is 2.22. The van der Waals surface area contributed by atoms with Crippen LogP contribution in [0.4, 0.5) is 0 Å². The number of hydrogen-bond acceptors (Lipinski definition) is 3. The van der Waals surface area contributed by atoms with E-state index in [1.54, 1.807) is 21.7 Å². The third-order valence-electron chi connectivity index (χ3n) is 4.96. The van der Waals surface area contributed by atoms with Crippen molar-refractivity contribution in [3.05, 3.63) is 71.9 Å². The van der Waals surface area contributed by atoms with Crippen LogP contribution in [0.15, 0.2) is 60.8 Å². The van der Waals surface area contributed by atoms with E-state index in [4.69, 9.17) is 0 Å². The summed E-state index contributed by atoms with van der Waals surface area (Å²) in [6, 6.07) is 16.7. The van der Waals surface area contributed by atoms with Crippen molar-refractivity contribution in [3.63, 3.8) is 0 Å². The zero-order chi connectivity index (χ0) is 20.8. The van der Waals surface area contributed by atoms with Crippen LogP contribution < -0.4 is 5.32 Å². The molecule has 0 aliphatic rings. The van der Waals surface area contributed by atoms with Crippen LogP contribution in [0.2, 0.25) is 0 Å². The van der Waals surface area contributed by atoms with Crippen LogP contribution in [-0.4, -0.2) is 40.2 Å². The lowest BCUT2D eigenvalue weighted by atomic mass is 10.1. The Morgan fingerprint density at radius 1 is 0.931 bits per heavy atom. The zero-order valence-electron chi connectivity index (χ0n) is 16.7. The van der Waals surface area contributed by atoms with E-state index in [1.807, 2.05) is 62.4 Å². The lowest BCUT2D eigenvalue weighted by molar-refractivity contribution is -0.131. The van der Waals surface area contributed by atoms with E-state index >= 15 is 0 Å². The minimum Gasteiger partial charge on any atom is -0.345 e. The molecule has 29 heavy (non-hydrogen) atoms. The quantitative estimate of drug-likeness (QED) is 0.474. The number of likely N-dealkylation sites (N-methyl/N-ethyl adjacent to an activating group) is 1. The molecule has 0 fully saturated rings. The third kappa shape index (κ3) is 4.54. The number of ketones is 1. The molecule has 0 aliphatic heterocycles. The van der Waals surface area contributed by atoms with Crippen molar-refractivity contribution in [2.24, 2.45) is 0 Å². The van der Waals surface area contributed by atoms with Crippen LogP contribution in [0.3, 0.4) is 0 Å². The molecular weight excluding hydrogens is 366 g/mol. The number of hydrogen-bond donors (Lipinski definition) is 1. The largest absolute Gasteiger partial charge is 0.345 e. The second kappa shape index (κ2) is 9.19. The number of para-hydroxylation sites is 1.